The highest BCUT2D eigenvalue weighted by molar-refractivity contribution is 5.80. The Morgan fingerprint density at radius 3 is 1.19 bits per heavy atom. The minimum Gasteiger partial charge on any atom is -0.480 e. The van der Waals surface area contributed by atoms with Crippen molar-refractivity contribution in [3.05, 3.63) is 0 Å². The molecule has 0 heterocycles. The Morgan fingerprint density at radius 1 is 0.643 bits per heavy atom. The lowest BCUT2D eigenvalue weighted by molar-refractivity contribution is -0.158. The maximum absolute atomic E-state index is 12.0. The molecule has 0 aliphatic carbocycles. The van der Waals surface area contributed by atoms with Crippen LogP contribution in [0.1, 0.15) is 75.2 Å². The van der Waals surface area contributed by atoms with Crippen molar-refractivity contribution in [3.8, 4) is 0 Å². The number of hydrogen-bond acceptors (Lipinski definition) is 10. The lowest BCUT2D eigenvalue weighted by atomic mass is 10.2. The first-order valence-electron chi connectivity index (χ1n) is 11.7. The molecule has 0 aromatic rings. The molecule has 0 bridgehead atoms. The largest absolute Gasteiger partial charge is 0.519 e. The lowest BCUT2D eigenvalue weighted by Gasteiger charge is -2.22. The van der Waals surface area contributed by atoms with Crippen molar-refractivity contribution >= 4 is 30.3 Å². The van der Waals surface area contributed by atoms with E-state index in [1.165, 1.54) is 20.8 Å². The molecule has 0 saturated heterocycles. The summed E-state index contributed by atoms with van der Waals surface area (Å²) < 4.78 is 88.4. The van der Waals surface area contributed by atoms with Gasteiger partial charge in [-0.1, -0.05) is 0 Å². The number of alkyl halides is 6. The number of aliphatic carboxylic acids is 2. The van der Waals surface area contributed by atoms with Gasteiger partial charge in [0, 0.05) is 0 Å². The molecule has 13 nitrogen and oxygen atoms in total. The fourth-order valence-electron chi connectivity index (χ4n) is 1.83. The van der Waals surface area contributed by atoms with E-state index in [0.29, 0.717) is 0 Å². The molecule has 2 unspecified atom stereocenters. The summed E-state index contributed by atoms with van der Waals surface area (Å²) >= 11 is 0. The van der Waals surface area contributed by atoms with Crippen LogP contribution in [0.3, 0.4) is 0 Å². The number of amides is 1. The number of hydrogen-bond donors (Lipinski definition) is 4. The molecule has 2 atom stereocenters. The van der Waals surface area contributed by atoms with Crippen molar-refractivity contribution < 1.29 is 79.5 Å². The van der Waals surface area contributed by atoms with Crippen LogP contribution in [0.25, 0.3) is 0 Å². The van der Waals surface area contributed by atoms with Gasteiger partial charge in [0.1, 0.15) is 28.9 Å². The predicted molar refractivity (Wildman–Crippen MR) is 131 cm³/mol. The van der Waals surface area contributed by atoms with Crippen LogP contribution < -0.4 is 11.1 Å². The van der Waals surface area contributed by atoms with E-state index in [4.69, 9.17) is 19.7 Å². The van der Waals surface area contributed by atoms with E-state index in [9.17, 15) is 50.3 Å². The Hall–Kier alpha value is -3.51. The molecule has 19 heteroatoms. The van der Waals surface area contributed by atoms with Crippen LogP contribution in [0.15, 0.2) is 0 Å². The van der Waals surface area contributed by atoms with Crippen LogP contribution in [-0.2, 0) is 28.5 Å². The molecule has 5 N–H and O–H groups in total. The zero-order valence-corrected chi connectivity index (χ0v) is 24.5. The van der Waals surface area contributed by atoms with Gasteiger partial charge >= 0.3 is 42.7 Å². The smallest absolute Gasteiger partial charge is 0.480 e. The van der Waals surface area contributed by atoms with E-state index in [1.807, 2.05) is 0 Å². The SMILES string of the molecule is CC(C)(C)OC(=O)NC(CC(F)(F)F)C(=O)O.CC(C)(C)OC(=O)OC(=O)OC(C)(C)C.NC(CC(F)(F)F)C(=O)O. The summed E-state index contributed by atoms with van der Waals surface area (Å²) in [6.45, 7) is 14.5. The summed E-state index contributed by atoms with van der Waals surface area (Å²) in [7, 11) is 0. The molecule has 0 saturated carbocycles. The highest BCUT2D eigenvalue weighted by Gasteiger charge is 2.37. The maximum Gasteiger partial charge on any atom is 0.519 e. The summed E-state index contributed by atoms with van der Waals surface area (Å²) in [5.74, 6) is -3.41. The second-order valence-corrected chi connectivity index (χ2v) is 11.2. The Labute approximate surface area is 238 Å². The molecule has 1 amide bonds. The van der Waals surface area contributed by atoms with Crippen LogP contribution in [0, 0.1) is 0 Å². The number of carboxylic acid groups (broad SMARTS) is 2. The fourth-order valence-corrected chi connectivity index (χ4v) is 1.83. The Morgan fingerprint density at radius 2 is 0.976 bits per heavy atom. The fraction of sp³-hybridized carbons (Fsp3) is 0.783. The van der Waals surface area contributed by atoms with Crippen molar-refractivity contribution in [2.75, 3.05) is 0 Å². The van der Waals surface area contributed by atoms with Gasteiger partial charge in [-0.05, 0) is 62.3 Å². The Bertz CT molecular complexity index is 877. The number of carboxylic acids is 2. The monoisotopic (exact) mass is 632 g/mol. The third kappa shape index (κ3) is 32.7. The number of carbonyl (C=O) groups is 5. The molecule has 42 heavy (non-hydrogen) atoms. The van der Waals surface area contributed by atoms with E-state index in [0.717, 1.165) is 0 Å². The highest BCUT2D eigenvalue weighted by Crippen LogP contribution is 2.22. The maximum atomic E-state index is 12.0. The van der Waals surface area contributed by atoms with E-state index < -0.39 is 84.4 Å². The van der Waals surface area contributed by atoms with Crippen molar-refractivity contribution in [2.45, 2.75) is 116 Å². The summed E-state index contributed by atoms with van der Waals surface area (Å²) in [5.41, 5.74) is 2.28. The van der Waals surface area contributed by atoms with Crippen molar-refractivity contribution in [3.63, 3.8) is 0 Å². The van der Waals surface area contributed by atoms with Crippen molar-refractivity contribution in [1.29, 1.82) is 0 Å². The average Bonchev–Trinajstić information content (AvgIpc) is 2.60. The predicted octanol–water partition coefficient (Wildman–Crippen LogP) is 5.14. The van der Waals surface area contributed by atoms with Crippen LogP contribution in [0.4, 0.5) is 40.7 Å². The van der Waals surface area contributed by atoms with Crippen LogP contribution in [0.2, 0.25) is 0 Å². The molecule has 0 radical (unpaired) electrons. The first-order chi connectivity index (χ1) is 18.2. The quantitative estimate of drug-likeness (QED) is 0.135. The lowest BCUT2D eigenvalue weighted by Crippen LogP contribution is -2.45. The Balaban J connectivity index is -0.000000562. The molecule has 0 rings (SSSR count). The molecule has 0 aromatic heterocycles. The first-order valence-corrected chi connectivity index (χ1v) is 11.7. The summed E-state index contributed by atoms with van der Waals surface area (Å²) in [6.07, 6.45) is -15.6. The second kappa shape index (κ2) is 16.8. The van der Waals surface area contributed by atoms with Crippen molar-refractivity contribution in [1.82, 2.24) is 5.32 Å². The molecule has 0 spiro atoms. The normalized spacial score (nSPS) is 13.4. The highest BCUT2D eigenvalue weighted by atomic mass is 19.4. The zero-order valence-electron chi connectivity index (χ0n) is 24.5. The van der Waals surface area contributed by atoms with E-state index >= 15 is 0 Å². The number of rotatable bonds is 5. The molecule has 0 aromatic carbocycles. The third-order valence-corrected chi connectivity index (χ3v) is 3.14. The minimum absolute atomic E-state index is 0.695. The van der Waals surface area contributed by atoms with Gasteiger partial charge in [-0.25, -0.2) is 19.2 Å². The van der Waals surface area contributed by atoms with Gasteiger partial charge in [-0.2, -0.15) is 26.3 Å². The first kappa shape index (κ1) is 43.0. The number of halogens is 6. The van der Waals surface area contributed by atoms with Gasteiger partial charge in [0.15, 0.2) is 0 Å². The number of carbonyl (C=O) groups excluding carboxylic acids is 3. The number of alkyl carbamates (subject to hydrolysis) is 1. The van der Waals surface area contributed by atoms with Crippen LogP contribution in [0.5, 0.6) is 0 Å². The zero-order chi connectivity index (χ0) is 34.5. The molecule has 248 valence electrons. The van der Waals surface area contributed by atoms with Gasteiger partial charge in [-0.3, -0.25) is 4.79 Å². The molecular formula is C23H38F6N2O11. The molecular weight excluding hydrogens is 594 g/mol. The number of nitrogens with two attached hydrogens (primary N) is 1. The van der Waals surface area contributed by atoms with Gasteiger partial charge in [0.05, 0.1) is 12.8 Å². The second-order valence-electron chi connectivity index (χ2n) is 11.2. The van der Waals surface area contributed by atoms with Crippen molar-refractivity contribution in [2.24, 2.45) is 5.73 Å². The van der Waals surface area contributed by atoms with Gasteiger partial charge in [0.25, 0.3) is 0 Å². The summed E-state index contributed by atoms with van der Waals surface area (Å²) in [6, 6.07) is -3.90. The van der Waals surface area contributed by atoms with E-state index in [1.54, 1.807) is 46.9 Å². The average molecular weight is 633 g/mol. The summed E-state index contributed by atoms with van der Waals surface area (Å²) in [5, 5.41) is 18.1. The van der Waals surface area contributed by atoms with Crippen LogP contribution in [-0.4, -0.2) is 81.8 Å². The third-order valence-electron chi connectivity index (χ3n) is 3.14. The van der Waals surface area contributed by atoms with Gasteiger partial charge < -0.3 is 40.2 Å². The molecule has 0 aliphatic heterocycles. The topological polar surface area (TPSA) is 201 Å². The summed E-state index contributed by atoms with van der Waals surface area (Å²) in [4.78, 5) is 53.4. The number of ether oxygens (including phenoxy) is 4. The number of nitrogens with one attached hydrogen (secondary N) is 1. The van der Waals surface area contributed by atoms with Crippen LogP contribution >= 0.6 is 0 Å². The van der Waals surface area contributed by atoms with Gasteiger partial charge in [-0.15, -0.1) is 0 Å². The molecule has 0 fully saturated rings. The minimum atomic E-state index is -4.68. The van der Waals surface area contributed by atoms with E-state index in [-0.39, 0.29) is 0 Å². The van der Waals surface area contributed by atoms with E-state index in [2.05, 4.69) is 15.2 Å². The molecule has 0 aliphatic rings. The Kier molecular flexibility index (Phi) is 17.2. The van der Waals surface area contributed by atoms with Gasteiger partial charge in [0.2, 0.25) is 0 Å². The standard InChI is InChI=1S/C10H18O5.C9H14F3NO4.C4H6F3NO2/c1-9(2,3)14-7(11)13-8(12)15-10(4,5)6;1-8(2,3)17-7(16)13-5(6(14)15)4-9(10,11)12;5-4(6,7)1-2(8)3(9)10/h1-6H3;5H,4H2,1-3H3,(H,13,16)(H,14,15);2H,1,8H2,(H,9,10).